The van der Waals surface area contributed by atoms with Crippen LogP contribution in [0, 0.1) is 0 Å². The molecule has 2 N–H and O–H groups in total. The van der Waals surface area contributed by atoms with E-state index < -0.39 is 21.5 Å². The molecule has 5 nitrogen and oxygen atoms in total. The number of hydrogen-bond donors (Lipinski definition) is 2. The molecule has 0 saturated carbocycles. The highest BCUT2D eigenvalue weighted by Gasteiger charge is 2.26. The van der Waals surface area contributed by atoms with Gasteiger partial charge in [0.1, 0.15) is 4.88 Å². The van der Waals surface area contributed by atoms with Crippen LogP contribution in [0.5, 0.6) is 0 Å². The van der Waals surface area contributed by atoms with Gasteiger partial charge in [0.05, 0.1) is 4.90 Å². The lowest BCUT2D eigenvalue weighted by Gasteiger charge is -2.23. The first-order chi connectivity index (χ1) is 7.68. The monoisotopic (exact) mass is 277 g/mol. The topological polar surface area (TPSA) is 83.5 Å². The lowest BCUT2D eigenvalue weighted by molar-refractivity contribution is 0.0702. The fraction of sp³-hybridized carbons (Fsp3) is 0.500. The summed E-state index contributed by atoms with van der Waals surface area (Å²) in [4.78, 5) is 10.7. The van der Waals surface area contributed by atoms with Crippen LogP contribution in [0.15, 0.2) is 16.3 Å². The fourth-order valence-electron chi connectivity index (χ4n) is 1.07. The number of sulfonamides is 1. The summed E-state index contributed by atoms with van der Waals surface area (Å²) in [6, 6.07) is 1.17. The molecule has 1 rings (SSSR count). The second-order valence-electron chi connectivity index (χ2n) is 4.29. The number of carboxylic acids is 1. The number of carboxylic acid groups (broad SMARTS) is 1. The summed E-state index contributed by atoms with van der Waals surface area (Å²) in [5, 5.41) is 10.1. The summed E-state index contributed by atoms with van der Waals surface area (Å²) in [7, 11) is -3.65. The van der Waals surface area contributed by atoms with E-state index in [2.05, 4.69) is 4.72 Å². The third-order valence-electron chi connectivity index (χ3n) is 2.39. The molecule has 1 aromatic heterocycles. The highest BCUT2D eigenvalue weighted by atomic mass is 32.2. The van der Waals surface area contributed by atoms with E-state index in [1.165, 1.54) is 11.4 Å². The predicted molar refractivity (Wildman–Crippen MR) is 66.0 cm³/mol. The number of nitrogens with one attached hydrogen (secondary N) is 1. The Balaban J connectivity index is 3.02. The number of carbonyl (C=O) groups is 1. The molecule has 0 atom stereocenters. The number of rotatable bonds is 5. The lowest BCUT2D eigenvalue weighted by Crippen LogP contribution is -2.42. The predicted octanol–water partition coefficient (Wildman–Crippen LogP) is 1.91. The summed E-state index contributed by atoms with van der Waals surface area (Å²) in [6.45, 7) is 5.42. The van der Waals surface area contributed by atoms with Crippen LogP contribution < -0.4 is 4.72 Å². The van der Waals surface area contributed by atoms with Crippen molar-refractivity contribution in [2.45, 2.75) is 37.6 Å². The molecule has 0 aliphatic heterocycles. The molecule has 0 fully saturated rings. The second kappa shape index (κ2) is 4.75. The Morgan fingerprint density at radius 1 is 1.53 bits per heavy atom. The molecule has 0 radical (unpaired) electrons. The van der Waals surface area contributed by atoms with Crippen molar-refractivity contribution in [1.29, 1.82) is 0 Å². The van der Waals surface area contributed by atoms with Crippen LogP contribution >= 0.6 is 11.3 Å². The van der Waals surface area contributed by atoms with Crippen LogP contribution in [-0.4, -0.2) is 25.0 Å². The van der Waals surface area contributed by atoms with Crippen LogP contribution in [0.1, 0.15) is 36.9 Å². The van der Waals surface area contributed by atoms with E-state index >= 15 is 0 Å². The molecule has 96 valence electrons. The minimum atomic E-state index is -3.65. The maximum absolute atomic E-state index is 11.9. The third kappa shape index (κ3) is 3.52. The van der Waals surface area contributed by atoms with Gasteiger partial charge >= 0.3 is 5.97 Å². The molecule has 0 saturated heterocycles. The van der Waals surface area contributed by atoms with Gasteiger partial charge in [-0.2, -0.15) is 0 Å². The van der Waals surface area contributed by atoms with E-state index in [1.807, 2.05) is 6.92 Å². The van der Waals surface area contributed by atoms with Gasteiger partial charge in [-0.3, -0.25) is 0 Å². The summed E-state index contributed by atoms with van der Waals surface area (Å²) in [6.07, 6.45) is 0.641. The van der Waals surface area contributed by atoms with Gasteiger partial charge in [0, 0.05) is 10.9 Å². The molecule has 0 amide bonds. The minimum Gasteiger partial charge on any atom is -0.477 e. The van der Waals surface area contributed by atoms with Crippen molar-refractivity contribution in [1.82, 2.24) is 4.72 Å². The van der Waals surface area contributed by atoms with Gasteiger partial charge in [-0.25, -0.2) is 17.9 Å². The molecular weight excluding hydrogens is 262 g/mol. The molecule has 7 heteroatoms. The SMILES string of the molecule is CCC(C)(C)NS(=O)(=O)c1csc(C(=O)O)c1. The Morgan fingerprint density at radius 2 is 2.12 bits per heavy atom. The maximum Gasteiger partial charge on any atom is 0.345 e. The molecule has 0 unspecified atom stereocenters. The highest BCUT2D eigenvalue weighted by Crippen LogP contribution is 2.21. The molecule has 17 heavy (non-hydrogen) atoms. The van der Waals surface area contributed by atoms with E-state index in [4.69, 9.17) is 5.11 Å². The summed E-state index contributed by atoms with van der Waals surface area (Å²) >= 11 is 0.899. The van der Waals surface area contributed by atoms with E-state index in [9.17, 15) is 13.2 Å². The smallest absolute Gasteiger partial charge is 0.345 e. The molecule has 0 aliphatic carbocycles. The van der Waals surface area contributed by atoms with Crippen molar-refractivity contribution in [3.8, 4) is 0 Å². The van der Waals surface area contributed by atoms with Crippen molar-refractivity contribution in [2.24, 2.45) is 0 Å². The zero-order valence-corrected chi connectivity index (χ0v) is 11.5. The maximum atomic E-state index is 11.9. The quantitative estimate of drug-likeness (QED) is 0.861. The Bertz CT molecular complexity index is 516. The van der Waals surface area contributed by atoms with E-state index in [0.29, 0.717) is 6.42 Å². The van der Waals surface area contributed by atoms with Gasteiger partial charge in [-0.05, 0) is 26.3 Å². The van der Waals surface area contributed by atoms with Gasteiger partial charge in [0.25, 0.3) is 0 Å². The Kier molecular flexibility index (Phi) is 3.95. The summed E-state index contributed by atoms with van der Waals surface area (Å²) in [5.41, 5.74) is -0.551. The van der Waals surface area contributed by atoms with E-state index in [-0.39, 0.29) is 9.77 Å². The summed E-state index contributed by atoms with van der Waals surface area (Å²) in [5.74, 6) is -1.12. The normalized spacial score (nSPS) is 12.6. The van der Waals surface area contributed by atoms with Crippen molar-refractivity contribution in [3.63, 3.8) is 0 Å². The molecule has 1 heterocycles. The Hall–Kier alpha value is -0.920. The van der Waals surface area contributed by atoms with Crippen LogP contribution in [0.25, 0.3) is 0 Å². The molecule has 0 aromatic carbocycles. The molecule has 0 spiro atoms. The molecule has 1 aromatic rings. The first-order valence-corrected chi connectivity index (χ1v) is 7.40. The van der Waals surface area contributed by atoms with Crippen molar-refractivity contribution in [2.75, 3.05) is 0 Å². The number of hydrogen-bond acceptors (Lipinski definition) is 4. The third-order valence-corrected chi connectivity index (χ3v) is 5.14. The average molecular weight is 277 g/mol. The Morgan fingerprint density at radius 3 is 2.53 bits per heavy atom. The standard InChI is InChI=1S/C10H15NO4S2/c1-4-10(2,3)11-17(14,15)7-5-8(9(12)13)16-6-7/h5-6,11H,4H2,1-3H3,(H,12,13). The first kappa shape index (κ1) is 14.1. The van der Waals surface area contributed by atoms with Crippen LogP contribution in [0.3, 0.4) is 0 Å². The van der Waals surface area contributed by atoms with Gasteiger partial charge in [0.15, 0.2) is 0 Å². The van der Waals surface area contributed by atoms with Gasteiger partial charge in [-0.1, -0.05) is 6.92 Å². The van der Waals surface area contributed by atoms with Crippen molar-refractivity contribution < 1.29 is 18.3 Å². The average Bonchev–Trinajstić information content (AvgIpc) is 2.65. The number of aromatic carboxylic acids is 1. The lowest BCUT2D eigenvalue weighted by atomic mass is 10.0. The molecule has 0 bridgehead atoms. The van der Waals surface area contributed by atoms with Gasteiger partial charge in [0.2, 0.25) is 10.0 Å². The van der Waals surface area contributed by atoms with Crippen LogP contribution in [-0.2, 0) is 10.0 Å². The van der Waals surface area contributed by atoms with Gasteiger partial charge in [-0.15, -0.1) is 11.3 Å². The van der Waals surface area contributed by atoms with Gasteiger partial charge < -0.3 is 5.11 Å². The van der Waals surface area contributed by atoms with Crippen molar-refractivity contribution in [3.05, 3.63) is 16.3 Å². The fourth-order valence-corrected chi connectivity index (χ4v) is 3.66. The molecular formula is C10H15NO4S2. The van der Waals surface area contributed by atoms with Crippen molar-refractivity contribution >= 4 is 27.3 Å². The Labute approximate surface area is 105 Å². The van der Waals surface area contributed by atoms with Crippen LogP contribution in [0.4, 0.5) is 0 Å². The van der Waals surface area contributed by atoms with E-state index in [0.717, 1.165) is 11.3 Å². The zero-order valence-electron chi connectivity index (χ0n) is 9.85. The minimum absolute atomic E-state index is 0.00132. The molecule has 0 aliphatic rings. The van der Waals surface area contributed by atoms with Crippen LogP contribution in [0.2, 0.25) is 0 Å². The largest absolute Gasteiger partial charge is 0.477 e. The number of thiophene rings is 1. The summed E-state index contributed by atoms with van der Waals surface area (Å²) < 4.78 is 26.4. The second-order valence-corrected chi connectivity index (χ2v) is 6.89. The zero-order chi connectivity index (χ0) is 13.3. The first-order valence-electron chi connectivity index (χ1n) is 5.04. The highest BCUT2D eigenvalue weighted by molar-refractivity contribution is 7.89. The van der Waals surface area contributed by atoms with E-state index in [1.54, 1.807) is 13.8 Å².